The number of nitrogens with one attached hydrogen (secondary N) is 1. The summed E-state index contributed by atoms with van der Waals surface area (Å²) in [5, 5.41) is 2.59. The molecule has 6 nitrogen and oxygen atoms in total. The monoisotopic (exact) mass is 393 g/mol. The minimum atomic E-state index is -0.330. The first-order valence-corrected chi connectivity index (χ1v) is 9.81. The van der Waals surface area contributed by atoms with Crippen molar-refractivity contribution >= 4 is 17.7 Å². The second kappa shape index (κ2) is 8.90. The molecule has 6 heteroatoms. The van der Waals surface area contributed by atoms with Crippen molar-refractivity contribution in [3.05, 3.63) is 71.3 Å². The van der Waals surface area contributed by atoms with E-state index in [9.17, 15) is 14.4 Å². The van der Waals surface area contributed by atoms with Gasteiger partial charge in [-0.25, -0.2) is 0 Å². The van der Waals surface area contributed by atoms with Crippen LogP contribution >= 0.6 is 0 Å². The Morgan fingerprint density at radius 3 is 2.41 bits per heavy atom. The van der Waals surface area contributed by atoms with Crippen LogP contribution in [0.2, 0.25) is 0 Å². The molecule has 0 aromatic heterocycles. The predicted octanol–water partition coefficient (Wildman–Crippen LogP) is 2.61. The van der Waals surface area contributed by atoms with Gasteiger partial charge >= 0.3 is 0 Å². The molecule has 2 aromatic rings. The molecule has 152 valence electrons. The number of benzene rings is 2. The minimum Gasteiger partial charge on any atom is -0.355 e. The Morgan fingerprint density at radius 1 is 1.14 bits per heavy atom. The molecule has 1 aliphatic heterocycles. The van der Waals surface area contributed by atoms with E-state index in [1.807, 2.05) is 49.4 Å². The van der Waals surface area contributed by atoms with Crippen molar-refractivity contribution in [1.82, 2.24) is 15.1 Å². The first-order chi connectivity index (χ1) is 13.9. The highest BCUT2D eigenvalue weighted by Gasteiger charge is 2.38. The smallest absolute Gasteiger partial charge is 0.251 e. The van der Waals surface area contributed by atoms with Crippen molar-refractivity contribution in [2.24, 2.45) is 5.92 Å². The summed E-state index contributed by atoms with van der Waals surface area (Å²) in [5.41, 5.74) is 2.59. The molecule has 0 unspecified atom stereocenters. The average Bonchev–Trinajstić information content (AvgIpc) is 3.14. The molecular formula is C23H27N3O3. The largest absolute Gasteiger partial charge is 0.355 e. The Kier molecular flexibility index (Phi) is 6.32. The van der Waals surface area contributed by atoms with E-state index < -0.39 is 0 Å². The summed E-state index contributed by atoms with van der Waals surface area (Å²) in [6.45, 7) is 2.87. The number of nitrogens with zero attached hydrogens (tertiary/aromatic N) is 2. The molecule has 29 heavy (non-hydrogen) atoms. The van der Waals surface area contributed by atoms with E-state index in [1.54, 1.807) is 36.0 Å². The van der Waals surface area contributed by atoms with Gasteiger partial charge < -0.3 is 15.1 Å². The second-order valence-corrected chi connectivity index (χ2v) is 7.50. The van der Waals surface area contributed by atoms with Gasteiger partial charge in [-0.2, -0.15) is 0 Å². The molecule has 1 aliphatic rings. The maximum atomic E-state index is 12.9. The Morgan fingerprint density at radius 2 is 1.79 bits per heavy atom. The van der Waals surface area contributed by atoms with Gasteiger partial charge in [0.2, 0.25) is 11.8 Å². The maximum Gasteiger partial charge on any atom is 0.251 e. The van der Waals surface area contributed by atoms with E-state index in [0.29, 0.717) is 18.7 Å². The summed E-state index contributed by atoms with van der Waals surface area (Å²) >= 11 is 0. The zero-order chi connectivity index (χ0) is 21.0. The summed E-state index contributed by atoms with van der Waals surface area (Å²) in [6, 6.07) is 17.0. The van der Waals surface area contributed by atoms with E-state index in [-0.39, 0.29) is 36.1 Å². The summed E-state index contributed by atoms with van der Waals surface area (Å²) in [6.07, 6.45) is 0.246. The first-order valence-electron chi connectivity index (χ1n) is 9.81. The van der Waals surface area contributed by atoms with E-state index in [2.05, 4.69) is 5.32 Å². The van der Waals surface area contributed by atoms with Crippen LogP contribution in [-0.2, 0) is 16.1 Å². The van der Waals surface area contributed by atoms with Crippen LogP contribution in [0.15, 0.2) is 54.6 Å². The number of hydrogen-bond acceptors (Lipinski definition) is 3. The molecule has 1 N–H and O–H groups in total. The van der Waals surface area contributed by atoms with Gasteiger partial charge in [0.1, 0.15) is 0 Å². The van der Waals surface area contributed by atoms with Gasteiger partial charge in [-0.15, -0.1) is 0 Å². The standard InChI is InChI=1S/C23H27N3O3/c1-16(18-7-5-4-6-8-18)26-15-20(13-21(26)27)23(29)25(3)14-17-9-11-19(12-10-17)22(28)24-2/h4-12,16,20H,13-15H2,1-3H3,(H,24,28)/t16-,20+/m1/s1. The summed E-state index contributed by atoms with van der Waals surface area (Å²) in [4.78, 5) is 40.5. The Balaban J connectivity index is 1.61. The van der Waals surface area contributed by atoms with Gasteiger partial charge in [-0.3, -0.25) is 14.4 Å². The van der Waals surface area contributed by atoms with Gasteiger partial charge in [0, 0.05) is 39.2 Å². The molecule has 1 saturated heterocycles. The number of amides is 3. The van der Waals surface area contributed by atoms with Crippen molar-refractivity contribution in [3.8, 4) is 0 Å². The molecule has 0 spiro atoms. The number of carbonyl (C=O) groups excluding carboxylic acids is 3. The van der Waals surface area contributed by atoms with Crippen molar-refractivity contribution in [2.45, 2.75) is 25.9 Å². The van der Waals surface area contributed by atoms with Crippen LogP contribution in [0.25, 0.3) is 0 Å². The Bertz CT molecular complexity index is 880. The van der Waals surface area contributed by atoms with Crippen LogP contribution in [0.3, 0.4) is 0 Å². The van der Waals surface area contributed by atoms with Crippen LogP contribution in [0.1, 0.15) is 40.9 Å². The summed E-state index contributed by atoms with van der Waals surface area (Å²) in [5.74, 6) is -0.485. The summed E-state index contributed by atoms with van der Waals surface area (Å²) in [7, 11) is 3.34. The van der Waals surface area contributed by atoms with Crippen molar-refractivity contribution < 1.29 is 14.4 Å². The van der Waals surface area contributed by atoms with E-state index in [4.69, 9.17) is 0 Å². The first kappa shape index (κ1) is 20.6. The third-order valence-corrected chi connectivity index (χ3v) is 5.50. The topological polar surface area (TPSA) is 69.7 Å². The molecular weight excluding hydrogens is 366 g/mol. The van der Waals surface area contributed by atoms with Gasteiger partial charge in [0.25, 0.3) is 5.91 Å². The molecule has 3 amide bonds. The van der Waals surface area contributed by atoms with Gasteiger partial charge in [-0.1, -0.05) is 42.5 Å². The number of likely N-dealkylation sites (tertiary alicyclic amines) is 1. The predicted molar refractivity (Wildman–Crippen MR) is 111 cm³/mol. The molecule has 2 atom stereocenters. The van der Waals surface area contributed by atoms with E-state index in [1.165, 1.54) is 0 Å². The lowest BCUT2D eigenvalue weighted by atomic mass is 10.1. The van der Waals surface area contributed by atoms with E-state index in [0.717, 1.165) is 11.1 Å². The third-order valence-electron chi connectivity index (χ3n) is 5.50. The van der Waals surface area contributed by atoms with Crippen LogP contribution < -0.4 is 5.32 Å². The number of hydrogen-bond donors (Lipinski definition) is 1. The normalized spacial score (nSPS) is 17.1. The lowest BCUT2D eigenvalue weighted by molar-refractivity contribution is -0.135. The highest BCUT2D eigenvalue weighted by molar-refractivity contribution is 5.94. The SMILES string of the molecule is CNC(=O)c1ccc(CN(C)C(=O)[C@H]2CC(=O)N([C@H](C)c3ccccc3)C2)cc1. The molecule has 3 rings (SSSR count). The number of carbonyl (C=O) groups is 3. The molecule has 1 fully saturated rings. The highest BCUT2D eigenvalue weighted by atomic mass is 16.2. The quantitative estimate of drug-likeness (QED) is 0.820. The van der Waals surface area contributed by atoms with Crippen LogP contribution in [0.5, 0.6) is 0 Å². The zero-order valence-corrected chi connectivity index (χ0v) is 17.1. The maximum absolute atomic E-state index is 12.9. The molecule has 1 heterocycles. The van der Waals surface area contributed by atoms with Gasteiger partial charge in [0.15, 0.2) is 0 Å². The molecule has 2 aromatic carbocycles. The van der Waals surface area contributed by atoms with Gasteiger partial charge in [-0.05, 0) is 30.2 Å². The van der Waals surface area contributed by atoms with Crippen molar-refractivity contribution in [3.63, 3.8) is 0 Å². The van der Waals surface area contributed by atoms with Crippen LogP contribution in [-0.4, -0.2) is 48.2 Å². The second-order valence-electron chi connectivity index (χ2n) is 7.50. The number of rotatable bonds is 6. The van der Waals surface area contributed by atoms with Crippen LogP contribution in [0, 0.1) is 5.92 Å². The average molecular weight is 393 g/mol. The Labute approximate surface area is 171 Å². The fourth-order valence-electron chi connectivity index (χ4n) is 3.75. The van der Waals surface area contributed by atoms with Crippen molar-refractivity contribution in [1.29, 1.82) is 0 Å². The highest BCUT2D eigenvalue weighted by Crippen LogP contribution is 2.29. The Hall–Kier alpha value is -3.15. The third kappa shape index (κ3) is 4.65. The van der Waals surface area contributed by atoms with Crippen LogP contribution in [0.4, 0.5) is 0 Å². The minimum absolute atomic E-state index is 0.0167. The molecule has 0 saturated carbocycles. The zero-order valence-electron chi connectivity index (χ0n) is 17.1. The lowest BCUT2D eigenvalue weighted by Gasteiger charge is -2.26. The lowest BCUT2D eigenvalue weighted by Crippen LogP contribution is -2.35. The van der Waals surface area contributed by atoms with Gasteiger partial charge in [0.05, 0.1) is 12.0 Å². The molecule has 0 bridgehead atoms. The fraction of sp³-hybridized carbons (Fsp3) is 0.348. The van der Waals surface area contributed by atoms with E-state index >= 15 is 0 Å². The fourth-order valence-corrected chi connectivity index (χ4v) is 3.75. The van der Waals surface area contributed by atoms with Crippen molar-refractivity contribution in [2.75, 3.05) is 20.6 Å². The molecule has 0 aliphatic carbocycles. The summed E-state index contributed by atoms with van der Waals surface area (Å²) < 4.78 is 0. The molecule has 0 radical (unpaired) electrons.